The molecule has 0 spiro atoms. The monoisotopic (exact) mass is 390 g/mol. The average Bonchev–Trinajstić information content (AvgIpc) is 3.21. The van der Waals surface area contributed by atoms with E-state index in [9.17, 15) is 0 Å². The highest BCUT2D eigenvalue weighted by atomic mass is 79.9. The van der Waals surface area contributed by atoms with Gasteiger partial charge in [0.2, 0.25) is 12.7 Å². The van der Waals surface area contributed by atoms with Gasteiger partial charge in [-0.05, 0) is 35.9 Å². The van der Waals surface area contributed by atoms with Crippen LogP contribution in [-0.2, 0) is 5.75 Å². The van der Waals surface area contributed by atoms with Gasteiger partial charge in [-0.25, -0.2) is 0 Å². The summed E-state index contributed by atoms with van der Waals surface area (Å²) in [7, 11) is 0. The largest absolute Gasteiger partial charge is 0.454 e. The van der Waals surface area contributed by atoms with E-state index in [0.717, 1.165) is 21.5 Å². The van der Waals surface area contributed by atoms with Gasteiger partial charge in [-0.1, -0.05) is 39.8 Å². The van der Waals surface area contributed by atoms with Crippen LogP contribution in [0.2, 0.25) is 0 Å². The Morgan fingerprint density at radius 3 is 2.87 bits per heavy atom. The molecule has 0 atom stereocenters. The van der Waals surface area contributed by atoms with E-state index in [4.69, 9.17) is 13.9 Å². The third-order valence-electron chi connectivity index (χ3n) is 3.28. The normalized spacial score (nSPS) is 12.6. The van der Waals surface area contributed by atoms with Crippen molar-refractivity contribution in [1.82, 2.24) is 10.2 Å². The van der Waals surface area contributed by atoms with Crippen LogP contribution in [0.3, 0.4) is 0 Å². The van der Waals surface area contributed by atoms with Gasteiger partial charge in [-0.3, -0.25) is 0 Å². The molecule has 0 unspecified atom stereocenters. The van der Waals surface area contributed by atoms with E-state index >= 15 is 0 Å². The molecule has 0 N–H and O–H groups in total. The van der Waals surface area contributed by atoms with Crippen molar-refractivity contribution in [3.63, 3.8) is 0 Å². The SMILES string of the molecule is Brc1cccc(CSc2nnc(-c3ccc4c(c3)OCO4)o2)c1. The minimum Gasteiger partial charge on any atom is -0.454 e. The zero-order valence-corrected chi connectivity index (χ0v) is 14.3. The lowest BCUT2D eigenvalue weighted by atomic mass is 10.2. The van der Waals surface area contributed by atoms with E-state index in [-0.39, 0.29) is 6.79 Å². The standard InChI is InChI=1S/C16H11BrN2O3S/c17-12-3-1-2-10(6-12)8-23-16-19-18-15(22-16)11-4-5-13-14(7-11)21-9-20-13/h1-7H,8-9H2. The second-order valence-electron chi connectivity index (χ2n) is 4.86. The fourth-order valence-corrected chi connectivity index (χ4v) is 3.34. The van der Waals surface area contributed by atoms with Crippen LogP contribution in [0.25, 0.3) is 11.5 Å². The van der Waals surface area contributed by atoms with E-state index in [1.807, 2.05) is 30.3 Å². The van der Waals surface area contributed by atoms with E-state index in [2.05, 4.69) is 38.3 Å². The fraction of sp³-hybridized carbons (Fsp3) is 0.125. The number of benzene rings is 2. The van der Waals surface area contributed by atoms with Crippen LogP contribution < -0.4 is 9.47 Å². The van der Waals surface area contributed by atoms with Gasteiger partial charge in [0.1, 0.15) is 0 Å². The maximum Gasteiger partial charge on any atom is 0.277 e. The highest BCUT2D eigenvalue weighted by Crippen LogP contribution is 2.36. The molecule has 0 fully saturated rings. The minimum absolute atomic E-state index is 0.246. The Kier molecular flexibility index (Phi) is 3.97. The summed E-state index contributed by atoms with van der Waals surface area (Å²) >= 11 is 4.97. The lowest BCUT2D eigenvalue weighted by molar-refractivity contribution is 0.174. The molecule has 23 heavy (non-hydrogen) atoms. The van der Waals surface area contributed by atoms with Crippen LogP contribution in [-0.4, -0.2) is 17.0 Å². The van der Waals surface area contributed by atoms with E-state index < -0.39 is 0 Å². The molecular weight excluding hydrogens is 380 g/mol. The van der Waals surface area contributed by atoms with Crippen LogP contribution in [0.15, 0.2) is 56.6 Å². The second-order valence-corrected chi connectivity index (χ2v) is 6.70. The number of hydrogen-bond acceptors (Lipinski definition) is 6. The molecule has 116 valence electrons. The second kappa shape index (κ2) is 6.25. The molecular formula is C16H11BrN2O3S. The summed E-state index contributed by atoms with van der Waals surface area (Å²) < 4.78 is 17.4. The molecule has 0 radical (unpaired) electrons. The molecule has 0 bridgehead atoms. The molecule has 7 heteroatoms. The van der Waals surface area contributed by atoms with Gasteiger partial charge in [-0.2, -0.15) is 0 Å². The highest BCUT2D eigenvalue weighted by molar-refractivity contribution is 9.10. The first kappa shape index (κ1) is 14.6. The van der Waals surface area contributed by atoms with Crippen molar-refractivity contribution in [1.29, 1.82) is 0 Å². The maximum absolute atomic E-state index is 5.71. The molecule has 2 aromatic carbocycles. The summed E-state index contributed by atoms with van der Waals surface area (Å²) in [6.45, 7) is 0.246. The van der Waals surface area contributed by atoms with Gasteiger partial charge in [0.25, 0.3) is 5.22 Å². The van der Waals surface area contributed by atoms with Crippen LogP contribution >= 0.6 is 27.7 Å². The molecule has 2 heterocycles. The Hall–Kier alpha value is -1.99. The predicted octanol–water partition coefficient (Wildman–Crippen LogP) is 4.52. The molecule has 0 aliphatic carbocycles. The lowest BCUT2D eigenvalue weighted by Crippen LogP contribution is -1.92. The number of rotatable bonds is 4. The first-order valence-electron chi connectivity index (χ1n) is 6.89. The summed E-state index contributed by atoms with van der Waals surface area (Å²) in [5.74, 6) is 2.67. The van der Waals surface area contributed by atoms with Gasteiger partial charge in [0, 0.05) is 15.8 Å². The topological polar surface area (TPSA) is 57.4 Å². The predicted molar refractivity (Wildman–Crippen MR) is 89.6 cm³/mol. The number of thioether (sulfide) groups is 1. The first-order chi connectivity index (χ1) is 11.3. The number of ether oxygens (including phenoxy) is 2. The average molecular weight is 391 g/mol. The molecule has 0 saturated carbocycles. The number of nitrogens with zero attached hydrogens (tertiary/aromatic N) is 2. The minimum atomic E-state index is 0.246. The zero-order chi connectivity index (χ0) is 15.6. The van der Waals surface area contributed by atoms with Crippen LogP contribution in [0, 0.1) is 0 Å². The van der Waals surface area contributed by atoms with Crippen molar-refractivity contribution in [3.05, 3.63) is 52.5 Å². The van der Waals surface area contributed by atoms with E-state index in [0.29, 0.717) is 16.9 Å². The molecule has 1 aliphatic rings. The van der Waals surface area contributed by atoms with Crippen molar-refractivity contribution >= 4 is 27.7 Å². The van der Waals surface area contributed by atoms with Gasteiger partial charge in [-0.15, -0.1) is 10.2 Å². The van der Waals surface area contributed by atoms with E-state index in [1.165, 1.54) is 17.3 Å². The summed E-state index contributed by atoms with van der Waals surface area (Å²) in [4.78, 5) is 0. The Labute approximate surface area is 145 Å². The van der Waals surface area contributed by atoms with Gasteiger partial charge >= 0.3 is 0 Å². The number of fused-ring (bicyclic) bond motifs is 1. The fourth-order valence-electron chi connectivity index (χ4n) is 2.19. The number of halogens is 1. The van der Waals surface area contributed by atoms with Crippen molar-refractivity contribution < 1.29 is 13.9 Å². The Morgan fingerprint density at radius 1 is 1.04 bits per heavy atom. The summed E-state index contributed by atoms with van der Waals surface area (Å²) in [6.07, 6.45) is 0. The van der Waals surface area contributed by atoms with Crippen LogP contribution in [0.1, 0.15) is 5.56 Å². The van der Waals surface area contributed by atoms with Crippen molar-refractivity contribution in [3.8, 4) is 23.0 Å². The Bertz CT molecular complexity index is 853. The molecule has 1 aliphatic heterocycles. The molecule has 4 rings (SSSR count). The summed E-state index contributed by atoms with van der Waals surface area (Å²) in [6, 6.07) is 13.7. The van der Waals surface area contributed by atoms with E-state index in [1.54, 1.807) is 0 Å². The van der Waals surface area contributed by atoms with Crippen molar-refractivity contribution in [2.75, 3.05) is 6.79 Å². The molecule has 0 saturated heterocycles. The van der Waals surface area contributed by atoms with Gasteiger partial charge in [0.15, 0.2) is 11.5 Å². The quantitative estimate of drug-likeness (QED) is 0.610. The third-order valence-corrected chi connectivity index (χ3v) is 4.66. The zero-order valence-electron chi connectivity index (χ0n) is 11.9. The smallest absolute Gasteiger partial charge is 0.277 e. The van der Waals surface area contributed by atoms with Crippen LogP contribution in [0.5, 0.6) is 11.5 Å². The molecule has 5 nitrogen and oxygen atoms in total. The van der Waals surface area contributed by atoms with Gasteiger partial charge < -0.3 is 13.9 Å². The summed E-state index contributed by atoms with van der Waals surface area (Å²) in [5.41, 5.74) is 2.00. The molecule has 0 amide bonds. The first-order valence-corrected chi connectivity index (χ1v) is 8.66. The number of aromatic nitrogens is 2. The third kappa shape index (κ3) is 3.20. The summed E-state index contributed by atoms with van der Waals surface area (Å²) in [5, 5.41) is 8.72. The maximum atomic E-state index is 5.71. The lowest BCUT2D eigenvalue weighted by Gasteiger charge is -1.99. The molecule has 3 aromatic rings. The highest BCUT2D eigenvalue weighted by Gasteiger charge is 2.16. The number of hydrogen-bond donors (Lipinski definition) is 0. The van der Waals surface area contributed by atoms with Crippen molar-refractivity contribution in [2.24, 2.45) is 0 Å². The van der Waals surface area contributed by atoms with Gasteiger partial charge in [0.05, 0.1) is 0 Å². The Balaban J connectivity index is 1.48. The van der Waals surface area contributed by atoms with Crippen molar-refractivity contribution in [2.45, 2.75) is 11.0 Å². The molecule has 1 aromatic heterocycles. The van der Waals surface area contributed by atoms with Crippen LogP contribution in [0.4, 0.5) is 0 Å². The Morgan fingerprint density at radius 2 is 1.96 bits per heavy atom.